The van der Waals surface area contributed by atoms with Gasteiger partial charge in [-0.1, -0.05) is 43.2 Å². The highest BCUT2D eigenvalue weighted by Crippen LogP contribution is 2.29. The van der Waals surface area contributed by atoms with Crippen LogP contribution in [0.4, 0.5) is 0 Å². The molecule has 28 heavy (non-hydrogen) atoms. The second kappa shape index (κ2) is 9.21. The molecule has 3 rings (SSSR count). The Balaban J connectivity index is 1.83. The number of carbonyl (C=O) groups excluding carboxylic acids is 1. The maximum atomic E-state index is 13.2. The summed E-state index contributed by atoms with van der Waals surface area (Å²) in [6, 6.07) is 13.7. The zero-order valence-corrected chi connectivity index (χ0v) is 16.8. The highest BCUT2D eigenvalue weighted by molar-refractivity contribution is 7.89. The van der Waals surface area contributed by atoms with E-state index in [0.717, 1.165) is 31.2 Å². The number of esters is 1. The summed E-state index contributed by atoms with van der Waals surface area (Å²) in [6.07, 6.45) is 3.71. The van der Waals surface area contributed by atoms with Gasteiger partial charge in [-0.25, -0.2) is 13.2 Å². The first-order valence-corrected chi connectivity index (χ1v) is 10.9. The van der Waals surface area contributed by atoms with Gasteiger partial charge in [-0.15, -0.1) is 0 Å². The third-order valence-corrected chi connectivity index (χ3v) is 6.71. The Bertz CT molecular complexity index is 904. The van der Waals surface area contributed by atoms with Crippen LogP contribution < -0.4 is 4.74 Å². The van der Waals surface area contributed by atoms with Crippen LogP contribution in [0.5, 0.6) is 5.75 Å². The Morgan fingerprint density at radius 2 is 1.68 bits per heavy atom. The second-order valence-corrected chi connectivity index (χ2v) is 8.65. The molecule has 0 aromatic heterocycles. The Kier molecular flexibility index (Phi) is 6.70. The highest BCUT2D eigenvalue weighted by Gasteiger charge is 2.29. The van der Waals surface area contributed by atoms with Crippen molar-refractivity contribution in [1.29, 1.82) is 0 Å². The molecule has 0 radical (unpaired) electrons. The van der Waals surface area contributed by atoms with Gasteiger partial charge in [-0.2, -0.15) is 4.31 Å². The van der Waals surface area contributed by atoms with Gasteiger partial charge >= 0.3 is 5.97 Å². The van der Waals surface area contributed by atoms with Gasteiger partial charge in [0.15, 0.2) is 0 Å². The molecule has 1 saturated heterocycles. The van der Waals surface area contributed by atoms with Crippen molar-refractivity contribution < 1.29 is 22.7 Å². The van der Waals surface area contributed by atoms with E-state index in [1.807, 2.05) is 30.3 Å². The summed E-state index contributed by atoms with van der Waals surface area (Å²) in [5.74, 6) is -0.345. The summed E-state index contributed by atoms with van der Waals surface area (Å²) < 4.78 is 38.4. The Hall–Kier alpha value is -2.38. The van der Waals surface area contributed by atoms with Crippen molar-refractivity contribution in [3.05, 3.63) is 59.7 Å². The van der Waals surface area contributed by atoms with Crippen molar-refractivity contribution in [3.63, 3.8) is 0 Å². The standard InChI is InChI=1S/C21H25NO5S/c1-26-19-12-11-18(21(23)27-16-17-9-5-4-6-10-17)15-20(19)28(24,25)22-13-7-2-3-8-14-22/h4-6,9-12,15H,2-3,7-8,13-14,16H2,1H3. The number of carbonyl (C=O) groups is 1. The molecule has 0 spiro atoms. The molecule has 7 heteroatoms. The first-order chi connectivity index (χ1) is 13.5. The fraction of sp³-hybridized carbons (Fsp3) is 0.381. The number of ether oxygens (including phenoxy) is 2. The van der Waals surface area contributed by atoms with Crippen LogP contribution in [0.1, 0.15) is 41.6 Å². The monoisotopic (exact) mass is 403 g/mol. The molecule has 150 valence electrons. The Morgan fingerprint density at radius 1 is 1.00 bits per heavy atom. The van der Waals surface area contributed by atoms with Crippen molar-refractivity contribution >= 4 is 16.0 Å². The van der Waals surface area contributed by atoms with Crippen LogP contribution >= 0.6 is 0 Å². The SMILES string of the molecule is COc1ccc(C(=O)OCc2ccccc2)cc1S(=O)(=O)N1CCCCCC1. The minimum Gasteiger partial charge on any atom is -0.495 e. The molecule has 0 amide bonds. The van der Waals surface area contributed by atoms with E-state index in [1.165, 1.54) is 29.6 Å². The van der Waals surface area contributed by atoms with Crippen molar-refractivity contribution in [2.45, 2.75) is 37.2 Å². The molecule has 0 unspecified atom stereocenters. The van der Waals surface area contributed by atoms with Gasteiger partial charge in [0.05, 0.1) is 12.7 Å². The lowest BCUT2D eigenvalue weighted by molar-refractivity contribution is 0.0472. The summed E-state index contributed by atoms with van der Waals surface area (Å²) in [6.45, 7) is 1.09. The van der Waals surface area contributed by atoms with Crippen LogP contribution in [0.2, 0.25) is 0 Å². The van der Waals surface area contributed by atoms with Gasteiger partial charge in [-0.3, -0.25) is 0 Å². The van der Waals surface area contributed by atoms with E-state index < -0.39 is 16.0 Å². The van der Waals surface area contributed by atoms with Gasteiger partial charge in [-0.05, 0) is 36.6 Å². The third kappa shape index (κ3) is 4.72. The summed E-state index contributed by atoms with van der Waals surface area (Å²) in [5, 5.41) is 0. The highest BCUT2D eigenvalue weighted by atomic mass is 32.2. The molecule has 0 bridgehead atoms. The van der Waals surface area contributed by atoms with Crippen LogP contribution in [-0.4, -0.2) is 38.9 Å². The van der Waals surface area contributed by atoms with E-state index in [1.54, 1.807) is 0 Å². The molecule has 1 heterocycles. The maximum Gasteiger partial charge on any atom is 0.338 e. The van der Waals surface area contributed by atoms with Crippen LogP contribution in [0.3, 0.4) is 0 Å². The van der Waals surface area contributed by atoms with E-state index in [4.69, 9.17) is 9.47 Å². The van der Waals surface area contributed by atoms with E-state index in [2.05, 4.69) is 0 Å². The summed E-state index contributed by atoms with van der Waals surface area (Å²) in [5.41, 5.74) is 1.05. The lowest BCUT2D eigenvalue weighted by atomic mass is 10.2. The lowest BCUT2D eigenvalue weighted by Crippen LogP contribution is -2.32. The molecular formula is C21H25NO5S. The molecule has 6 nitrogen and oxygen atoms in total. The number of nitrogens with zero attached hydrogens (tertiary/aromatic N) is 1. The molecule has 0 N–H and O–H groups in total. The van der Waals surface area contributed by atoms with Crippen LogP contribution in [0, 0.1) is 0 Å². The van der Waals surface area contributed by atoms with Gasteiger partial charge in [0.2, 0.25) is 10.0 Å². The molecule has 2 aromatic carbocycles. The van der Waals surface area contributed by atoms with Crippen LogP contribution in [0.15, 0.2) is 53.4 Å². The second-order valence-electron chi connectivity index (χ2n) is 6.75. The predicted molar refractivity (Wildman–Crippen MR) is 106 cm³/mol. The number of hydrogen-bond acceptors (Lipinski definition) is 5. The minimum atomic E-state index is -3.75. The average Bonchev–Trinajstić information content (AvgIpc) is 3.02. The number of methoxy groups -OCH3 is 1. The normalized spacial score (nSPS) is 15.6. The van der Waals surface area contributed by atoms with Crippen molar-refractivity contribution in [2.75, 3.05) is 20.2 Å². The van der Waals surface area contributed by atoms with Crippen molar-refractivity contribution in [3.8, 4) is 5.75 Å². The quantitative estimate of drug-likeness (QED) is 0.689. The van der Waals surface area contributed by atoms with Crippen molar-refractivity contribution in [1.82, 2.24) is 4.31 Å². The van der Waals surface area contributed by atoms with E-state index in [9.17, 15) is 13.2 Å². The Morgan fingerprint density at radius 3 is 2.32 bits per heavy atom. The van der Waals surface area contributed by atoms with Gasteiger partial charge in [0, 0.05) is 13.1 Å². The van der Waals surface area contributed by atoms with Crippen LogP contribution in [0.25, 0.3) is 0 Å². The van der Waals surface area contributed by atoms with E-state index >= 15 is 0 Å². The average molecular weight is 404 g/mol. The predicted octanol–water partition coefficient (Wildman–Crippen LogP) is 3.62. The fourth-order valence-corrected chi connectivity index (χ4v) is 4.93. The summed E-state index contributed by atoms with van der Waals surface area (Å²) >= 11 is 0. The zero-order valence-electron chi connectivity index (χ0n) is 16.0. The van der Waals surface area contributed by atoms with Crippen LogP contribution in [-0.2, 0) is 21.4 Å². The molecule has 0 atom stereocenters. The summed E-state index contributed by atoms with van der Waals surface area (Å²) in [4.78, 5) is 12.5. The number of hydrogen-bond donors (Lipinski definition) is 0. The molecule has 1 aliphatic rings. The number of sulfonamides is 1. The first kappa shape index (κ1) is 20.4. The molecule has 0 saturated carbocycles. The molecule has 2 aromatic rings. The topological polar surface area (TPSA) is 72.9 Å². The lowest BCUT2D eigenvalue weighted by Gasteiger charge is -2.21. The maximum absolute atomic E-state index is 13.2. The first-order valence-electron chi connectivity index (χ1n) is 9.41. The van der Waals surface area contributed by atoms with Gasteiger partial charge in [0.25, 0.3) is 0 Å². The molecule has 1 fully saturated rings. The smallest absolute Gasteiger partial charge is 0.338 e. The molecular weight excluding hydrogens is 378 g/mol. The largest absolute Gasteiger partial charge is 0.495 e. The number of benzene rings is 2. The van der Waals surface area contributed by atoms with Gasteiger partial charge in [0.1, 0.15) is 17.3 Å². The number of rotatable bonds is 6. The Labute approximate surface area is 166 Å². The molecule has 0 aliphatic carbocycles. The van der Waals surface area contributed by atoms with Crippen molar-refractivity contribution in [2.24, 2.45) is 0 Å². The fourth-order valence-electron chi connectivity index (χ4n) is 3.23. The summed E-state index contributed by atoms with van der Waals surface area (Å²) in [7, 11) is -2.33. The molecule has 1 aliphatic heterocycles. The van der Waals surface area contributed by atoms with E-state index in [-0.39, 0.29) is 22.8 Å². The zero-order chi connectivity index (χ0) is 20.0. The minimum absolute atomic E-state index is 0.00561. The van der Waals surface area contributed by atoms with Gasteiger partial charge < -0.3 is 9.47 Å². The third-order valence-electron chi connectivity index (χ3n) is 4.79. The van der Waals surface area contributed by atoms with E-state index in [0.29, 0.717) is 13.1 Å².